The SMILES string of the molecule is Cc1ccc2c(c1)oc(=O)n2CCCCN. The zero-order valence-electron chi connectivity index (χ0n) is 9.40. The van der Waals surface area contributed by atoms with Crippen LogP contribution in [0.3, 0.4) is 0 Å². The number of hydrogen-bond donors (Lipinski definition) is 1. The van der Waals surface area contributed by atoms with Crippen LogP contribution in [-0.4, -0.2) is 11.1 Å². The van der Waals surface area contributed by atoms with Crippen LogP contribution in [0.25, 0.3) is 11.1 Å². The fraction of sp³-hybridized carbons (Fsp3) is 0.417. The number of oxazole rings is 1. The van der Waals surface area contributed by atoms with Gasteiger partial charge in [-0.2, -0.15) is 0 Å². The van der Waals surface area contributed by atoms with E-state index in [9.17, 15) is 4.79 Å². The molecule has 0 atom stereocenters. The van der Waals surface area contributed by atoms with E-state index < -0.39 is 0 Å². The summed E-state index contributed by atoms with van der Waals surface area (Å²) < 4.78 is 6.86. The molecular weight excluding hydrogens is 204 g/mol. The van der Waals surface area contributed by atoms with Crippen molar-refractivity contribution in [3.63, 3.8) is 0 Å². The number of fused-ring (bicyclic) bond motifs is 1. The summed E-state index contributed by atoms with van der Waals surface area (Å²) in [6, 6.07) is 5.80. The first-order valence-corrected chi connectivity index (χ1v) is 5.52. The number of unbranched alkanes of at least 4 members (excludes halogenated alkanes) is 1. The first-order chi connectivity index (χ1) is 7.72. The highest BCUT2D eigenvalue weighted by atomic mass is 16.4. The Morgan fingerprint density at radius 2 is 2.19 bits per heavy atom. The normalized spacial score (nSPS) is 11.1. The molecule has 0 amide bonds. The molecule has 0 spiro atoms. The van der Waals surface area contributed by atoms with Crippen LogP contribution in [-0.2, 0) is 6.54 Å². The van der Waals surface area contributed by atoms with Crippen molar-refractivity contribution in [1.82, 2.24) is 4.57 Å². The Bertz CT molecular complexity index is 539. The van der Waals surface area contributed by atoms with E-state index in [4.69, 9.17) is 10.2 Å². The maximum atomic E-state index is 11.6. The molecule has 0 radical (unpaired) electrons. The van der Waals surface area contributed by atoms with Crippen LogP contribution in [0.4, 0.5) is 0 Å². The van der Waals surface area contributed by atoms with E-state index in [1.807, 2.05) is 25.1 Å². The van der Waals surface area contributed by atoms with Crippen molar-refractivity contribution in [3.05, 3.63) is 34.3 Å². The molecule has 0 aliphatic carbocycles. The van der Waals surface area contributed by atoms with Crippen molar-refractivity contribution < 1.29 is 4.42 Å². The van der Waals surface area contributed by atoms with Gasteiger partial charge in [-0.15, -0.1) is 0 Å². The lowest BCUT2D eigenvalue weighted by Gasteiger charge is -2.00. The van der Waals surface area contributed by atoms with E-state index in [1.54, 1.807) is 4.57 Å². The monoisotopic (exact) mass is 220 g/mol. The van der Waals surface area contributed by atoms with Crippen molar-refractivity contribution >= 4 is 11.1 Å². The van der Waals surface area contributed by atoms with Crippen molar-refractivity contribution in [1.29, 1.82) is 0 Å². The first-order valence-electron chi connectivity index (χ1n) is 5.52. The number of aryl methyl sites for hydroxylation is 2. The Morgan fingerprint density at radius 3 is 2.94 bits per heavy atom. The molecule has 1 aromatic carbocycles. The maximum Gasteiger partial charge on any atom is 0.419 e. The molecule has 0 bridgehead atoms. The second-order valence-electron chi connectivity index (χ2n) is 3.99. The third kappa shape index (κ3) is 2.02. The predicted octanol–water partition coefficient (Wildman–Crippen LogP) is 1.64. The number of benzene rings is 1. The minimum atomic E-state index is -0.280. The molecule has 2 N–H and O–H groups in total. The molecule has 4 heteroatoms. The minimum absolute atomic E-state index is 0.280. The number of rotatable bonds is 4. The highest BCUT2D eigenvalue weighted by molar-refractivity contribution is 5.73. The fourth-order valence-electron chi connectivity index (χ4n) is 1.80. The molecule has 1 aromatic heterocycles. The average Bonchev–Trinajstić information content (AvgIpc) is 2.55. The van der Waals surface area contributed by atoms with Gasteiger partial charge in [-0.3, -0.25) is 4.57 Å². The van der Waals surface area contributed by atoms with Crippen molar-refractivity contribution in [2.75, 3.05) is 6.54 Å². The molecule has 16 heavy (non-hydrogen) atoms. The maximum absolute atomic E-state index is 11.6. The zero-order chi connectivity index (χ0) is 11.5. The number of nitrogens with zero attached hydrogens (tertiary/aromatic N) is 1. The average molecular weight is 220 g/mol. The number of nitrogens with two attached hydrogens (primary N) is 1. The third-order valence-electron chi connectivity index (χ3n) is 2.66. The second-order valence-corrected chi connectivity index (χ2v) is 3.99. The predicted molar refractivity (Wildman–Crippen MR) is 63.5 cm³/mol. The van der Waals surface area contributed by atoms with Gasteiger partial charge in [-0.1, -0.05) is 6.07 Å². The van der Waals surface area contributed by atoms with E-state index in [0.717, 1.165) is 23.9 Å². The molecule has 0 aliphatic heterocycles. The molecule has 4 nitrogen and oxygen atoms in total. The Morgan fingerprint density at radius 1 is 1.38 bits per heavy atom. The van der Waals surface area contributed by atoms with E-state index in [2.05, 4.69) is 0 Å². The summed E-state index contributed by atoms with van der Waals surface area (Å²) in [5.41, 5.74) is 8.05. The van der Waals surface area contributed by atoms with Gasteiger partial charge in [-0.05, 0) is 44.0 Å². The molecule has 2 aromatic rings. The Labute approximate surface area is 93.7 Å². The summed E-state index contributed by atoms with van der Waals surface area (Å²) in [5.74, 6) is -0.280. The third-order valence-corrected chi connectivity index (χ3v) is 2.66. The highest BCUT2D eigenvalue weighted by Gasteiger charge is 2.08. The summed E-state index contributed by atoms with van der Waals surface area (Å²) in [5, 5.41) is 0. The molecule has 0 saturated carbocycles. The van der Waals surface area contributed by atoms with Gasteiger partial charge in [0, 0.05) is 6.54 Å². The van der Waals surface area contributed by atoms with Crippen LogP contribution < -0.4 is 11.5 Å². The van der Waals surface area contributed by atoms with Gasteiger partial charge in [0.2, 0.25) is 0 Å². The lowest BCUT2D eigenvalue weighted by atomic mass is 10.2. The van der Waals surface area contributed by atoms with Crippen molar-refractivity contribution in [2.45, 2.75) is 26.3 Å². The molecule has 0 fully saturated rings. The summed E-state index contributed by atoms with van der Waals surface area (Å²) in [4.78, 5) is 11.6. The van der Waals surface area contributed by atoms with Crippen LogP contribution in [0.1, 0.15) is 18.4 Å². The molecule has 1 heterocycles. The lowest BCUT2D eigenvalue weighted by Crippen LogP contribution is -2.14. The quantitative estimate of drug-likeness (QED) is 0.797. The van der Waals surface area contributed by atoms with Crippen LogP contribution >= 0.6 is 0 Å². The molecule has 0 unspecified atom stereocenters. The van der Waals surface area contributed by atoms with Crippen LogP contribution in [0.2, 0.25) is 0 Å². The van der Waals surface area contributed by atoms with Gasteiger partial charge in [0.25, 0.3) is 0 Å². The first kappa shape index (κ1) is 11.0. The molecule has 0 aliphatic rings. The van der Waals surface area contributed by atoms with Gasteiger partial charge in [0.15, 0.2) is 5.58 Å². The fourth-order valence-corrected chi connectivity index (χ4v) is 1.80. The standard InChI is InChI=1S/C12H16N2O2/c1-9-4-5-10-11(8-9)16-12(15)14(10)7-3-2-6-13/h4-5,8H,2-3,6-7,13H2,1H3. The van der Waals surface area contributed by atoms with Crippen LogP contribution in [0.5, 0.6) is 0 Å². The molecule has 86 valence electrons. The van der Waals surface area contributed by atoms with E-state index in [1.165, 1.54) is 0 Å². The summed E-state index contributed by atoms with van der Waals surface area (Å²) in [7, 11) is 0. The number of aromatic nitrogens is 1. The van der Waals surface area contributed by atoms with Gasteiger partial charge >= 0.3 is 5.76 Å². The van der Waals surface area contributed by atoms with Crippen LogP contribution in [0, 0.1) is 6.92 Å². The second kappa shape index (κ2) is 4.53. The largest absolute Gasteiger partial charge is 0.419 e. The van der Waals surface area contributed by atoms with E-state index in [-0.39, 0.29) is 5.76 Å². The summed E-state index contributed by atoms with van der Waals surface area (Å²) in [6.07, 6.45) is 1.82. The van der Waals surface area contributed by atoms with Crippen LogP contribution in [0.15, 0.2) is 27.4 Å². The van der Waals surface area contributed by atoms with Gasteiger partial charge in [0.05, 0.1) is 5.52 Å². The molecule has 2 rings (SSSR count). The smallest absolute Gasteiger partial charge is 0.408 e. The van der Waals surface area contributed by atoms with Crippen molar-refractivity contribution in [3.8, 4) is 0 Å². The zero-order valence-corrected chi connectivity index (χ0v) is 9.40. The van der Waals surface area contributed by atoms with E-state index >= 15 is 0 Å². The highest BCUT2D eigenvalue weighted by Crippen LogP contribution is 2.14. The lowest BCUT2D eigenvalue weighted by molar-refractivity contribution is 0.493. The Balaban J connectivity index is 2.36. The Kier molecular flexibility index (Phi) is 3.10. The number of hydrogen-bond acceptors (Lipinski definition) is 3. The summed E-state index contributed by atoms with van der Waals surface area (Å²) >= 11 is 0. The minimum Gasteiger partial charge on any atom is -0.408 e. The van der Waals surface area contributed by atoms with Gasteiger partial charge in [-0.25, -0.2) is 4.79 Å². The summed E-state index contributed by atoms with van der Waals surface area (Å²) in [6.45, 7) is 3.31. The van der Waals surface area contributed by atoms with Gasteiger partial charge < -0.3 is 10.2 Å². The topological polar surface area (TPSA) is 61.2 Å². The van der Waals surface area contributed by atoms with Crippen molar-refractivity contribution in [2.24, 2.45) is 5.73 Å². The van der Waals surface area contributed by atoms with E-state index in [0.29, 0.717) is 18.7 Å². The Hall–Kier alpha value is -1.55. The molecule has 0 saturated heterocycles. The molecular formula is C12H16N2O2. The van der Waals surface area contributed by atoms with Gasteiger partial charge in [0.1, 0.15) is 0 Å².